The molecule has 10 heteroatoms. The van der Waals surface area contributed by atoms with E-state index in [1.807, 2.05) is 36.4 Å². The first-order valence-electron chi connectivity index (χ1n) is 11.4. The van der Waals surface area contributed by atoms with Gasteiger partial charge < -0.3 is 25.8 Å². The summed E-state index contributed by atoms with van der Waals surface area (Å²) in [6.07, 6.45) is 3.52. The van der Waals surface area contributed by atoms with Gasteiger partial charge in [-0.2, -0.15) is 0 Å². The number of benzene rings is 2. The third kappa shape index (κ3) is 5.33. The molecule has 2 aromatic carbocycles. The van der Waals surface area contributed by atoms with E-state index in [2.05, 4.69) is 25.6 Å². The van der Waals surface area contributed by atoms with Crippen LogP contribution in [0.1, 0.15) is 28.2 Å². The average molecular weight is 491 g/mol. The van der Waals surface area contributed by atoms with Crippen LogP contribution >= 0.6 is 11.3 Å². The summed E-state index contributed by atoms with van der Waals surface area (Å²) in [5, 5.41) is 6.68. The molecular weight excluding hydrogens is 464 g/mol. The SMILES string of the molecule is COc1ccc(CNC(=O)c2nc3c(OC4CCNCC4)cc(-c4ccnc(N)n4)cc3s2)cc1. The molecule has 1 aliphatic heterocycles. The van der Waals surface area contributed by atoms with Gasteiger partial charge in [0.25, 0.3) is 5.91 Å². The number of nitrogen functional groups attached to an aromatic ring is 1. The summed E-state index contributed by atoms with van der Waals surface area (Å²) in [5.74, 6) is 1.38. The van der Waals surface area contributed by atoms with Crippen molar-refractivity contribution in [3.63, 3.8) is 0 Å². The standard InChI is InChI=1S/C25H26N6O3S/c1-33-17-4-2-15(3-5-17)14-29-23(32)24-31-22-20(34-18-6-9-27-10-7-18)12-16(13-21(22)35-24)19-8-11-28-25(26)30-19/h2-5,8,11-13,18,27H,6-7,9-10,14H2,1H3,(H,29,32)(H2,26,28,30). The maximum absolute atomic E-state index is 12.9. The lowest BCUT2D eigenvalue weighted by Crippen LogP contribution is -2.34. The lowest BCUT2D eigenvalue weighted by atomic mass is 10.1. The van der Waals surface area contributed by atoms with Crippen LogP contribution in [-0.2, 0) is 6.54 Å². The number of amides is 1. The largest absolute Gasteiger partial charge is 0.497 e. The second-order valence-corrected chi connectivity index (χ2v) is 9.27. The fraction of sp³-hybridized carbons (Fsp3) is 0.280. The summed E-state index contributed by atoms with van der Waals surface area (Å²) >= 11 is 1.33. The van der Waals surface area contributed by atoms with Crippen LogP contribution in [0.3, 0.4) is 0 Å². The molecule has 0 saturated carbocycles. The molecule has 1 amide bonds. The van der Waals surface area contributed by atoms with Gasteiger partial charge in [-0.1, -0.05) is 12.1 Å². The fourth-order valence-corrected chi connectivity index (χ4v) is 4.90. The highest BCUT2D eigenvalue weighted by atomic mass is 32.1. The zero-order valence-electron chi connectivity index (χ0n) is 19.3. The Morgan fingerprint density at radius 3 is 2.71 bits per heavy atom. The van der Waals surface area contributed by atoms with Crippen LogP contribution in [0.15, 0.2) is 48.7 Å². The smallest absolute Gasteiger partial charge is 0.280 e. The lowest BCUT2D eigenvalue weighted by Gasteiger charge is -2.24. The number of nitrogens with two attached hydrogens (primary N) is 1. The molecule has 2 aromatic heterocycles. The third-order valence-corrected chi connectivity index (χ3v) is 6.82. The quantitative estimate of drug-likeness (QED) is 0.360. The molecule has 4 aromatic rings. The van der Waals surface area contributed by atoms with Crippen LogP contribution in [-0.4, -0.2) is 47.2 Å². The first-order chi connectivity index (χ1) is 17.1. The van der Waals surface area contributed by atoms with E-state index >= 15 is 0 Å². The molecule has 1 fully saturated rings. The summed E-state index contributed by atoms with van der Waals surface area (Å²) in [4.78, 5) is 25.9. The highest BCUT2D eigenvalue weighted by Crippen LogP contribution is 2.36. The molecule has 35 heavy (non-hydrogen) atoms. The fourth-order valence-electron chi connectivity index (χ4n) is 3.96. The van der Waals surface area contributed by atoms with E-state index in [-0.39, 0.29) is 18.0 Å². The number of nitrogens with zero attached hydrogens (tertiary/aromatic N) is 3. The minimum Gasteiger partial charge on any atom is -0.497 e. The maximum atomic E-state index is 12.9. The van der Waals surface area contributed by atoms with E-state index in [4.69, 9.17) is 15.2 Å². The van der Waals surface area contributed by atoms with Crippen molar-refractivity contribution in [1.29, 1.82) is 0 Å². The molecule has 9 nitrogen and oxygen atoms in total. The number of nitrogens with one attached hydrogen (secondary N) is 2. The molecular formula is C25H26N6O3S. The summed E-state index contributed by atoms with van der Waals surface area (Å²) in [7, 11) is 1.62. The number of thiazole rings is 1. The predicted molar refractivity (Wildman–Crippen MR) is 136 cm³/mol. The number of fused-ring (bicyclic) bond motifs is 1. The Bertz CT molecular complexity index is 1340. The molecule has 0 aliphatic carbocycles. The van der Waals surface area contributed by atoms with Crippen LogP contribution in [0.5, 0.6) is 11.5 Å². The molecule has 0 spiro atoms. The van der Waals surface area contributed by atoms with Gasteiger partial charge in [0.2, 0.25) is 5.95 Å². The van der Waals surface area contributed by atoms with Gasteiger partial charge in [0.15, 0.2) is 5.01 Å². The summed E-state index contributed by atoms with van der Waals surface area (Å²) < 4.78 is 12.4. The number of hydrogen-bond acceptors (Lipinski definition) is 9. The molecule has 0 unspecified atom stereocenters. The minimum absolute atomic E-state index is 0.0826. The van der Waals surface area contributed by atoms with Gasteiger partial charge in [0.05, 0.1) is 17.5 Å². The lowest BCUT2D eigenvalue weighted by molar-refractivity contribution is 0.0950. The molecule has 0 bridgehead atoms. The second-order valence-electron chi connectivity index (χ2n) is 8.24. The molecule has 4 N–H and O–H groups in total. The number of piperidine rings is 1. The van der Waals surface area contributed by atoms with Crippen molar-refractivity contribution in [2.45, 2.75) is 25.5 Å². The number of carbonyl (C=O) groups excluding carboxylic acids is 1. The second kappa shape index (κ2) is 10.2. The molecule has 0 radical (unpaired) electrons. The van der Waals surface area contributed by atoms with E-state index in [0.717, 1.165) is 47.5 Å². The number of hydrogen-bond donors (Lipinski definition) is 3. The first kappa shape index (κ1) is 23.0. The highest BCUT2D eigenvalue weighted by Gasteiger charge is 2.21. The van der Waals surface area contributed by atoms with Crippen molar-refractivity contribution in [2.75, 3.05) is 25.9 Å². The highest BCUT2D eigenvalue weighted by molar-refractivity contribution is 7.20. The molecule has 0 atom stereocenters. The Balaban J connectivity index is 1.43. The Morgan fingerprint density at radius 2 is 1.97 bits per heavy atom. The van der Waals surface area contributed by atoms with Crippen molar-refractivity contribution in [3.05, 3.63) is 59.2 Å². The van der Waals surface area contributed by atoms with Gasteiger partial charge >= 0.3 is 0 Å². The van der Waals surface area contributed by atoms with Crippen molar-refractivity contribution < 1.29 is 14.3 Å². The van der Waals surface area contributed by atoms with Crippen LogP contribution < -0.4 is 25.8 Å². The number of ether oxygens (including phenoxy) is 2. The summed E-state index contributed by atoms with van der Waals surface area (Å²) in [5.41, 5.74) is 8.98. The Kier molecular flexibility index (Phi) is 6.73. The van der Waals surface area contributed by atoms with Crippen LogP contribution in [0.4, 0.5) is 5.95 Å². The average Bonchev–Trinajstić information content (AvgIpc) is 3.33. The number of carbonyl (C=O) groups is 1. The third-order valence-electron chi connectivity index (χ3n) is 5.82. The van der Waals surface area contributed by atoms with Crippen LogP contribution in [0.25, 0.3) is 21.5 Å². The monoisotopic (exact) mass is 490 g/mol. The van der Waals surface area contributed by atoms with E-state index < -0.39 is 0 Å². The van der Waals surface area contributed by atoms with Crippen molar-refractivity contribution in [2.24, 2.45) is 0 Å². The van der Waals surface area contributed by atoms with E-state index in [1.165, 1.54) is 11.3 Å². The number of methoxy groups -OCH3 is 1. The van der Waals surface area contributed by atoms with Crippen molar-refractivity contribution in [3.8, 4) is 22.8 Å². The molecule has 1 aliphatic rings. The Labute approximate surface area is 206 Å². The number of rotatable bonds is 7. The maximum Gasteiger partial charge on any atom is 0.280 e. The van der Waals surface area contributed by atoms with Crippen molar-refractivity contribution >= 4 is 33.4 Å². The van der Waals surface area contributed by atoms with Gasteiger partial charge in [-0.25, -0.2) is 15.0 Å². The Morgan fingerprint density at radius 1 is 1.17 bits per heavy atom. The van der Waals surface area contributed by atoms with Crippen LogP contribution in [0, 0.1) is 0 Å². The molecule has 1 saturated heterocycles. The first-order valence-corrected chi connectivity index (χ1v) is 12.2. The van der Waals surface area contributed by atoms with Gasteiger partial charge in [0, 0.05) is 18.3 Å². The van der Waals surface area contributed by atoms with E-state index in [0.29, 0.717) is 28.5 Å². The molecule has 5 rings (SSSR count). The van der Waals surface area contributed by atoms with Crippen molar-refractivity contribution in [1.82, 2.24) is 25.6 Å². The van der Waals surface area contributed by atoms with Gasteiger partial charge in [-0.3, -0.25) is 4.79 Å². The number of anilines is 1. The van der Waals surface area contributed by atoms with E-state index in [9.17, 15) is 4.79 Å². The summed E-state index contributed by atoms with van der Waals surface area (Å²) in [6.45, 7) is 2.21. The van der Waals surface area contributed by atoms with Gasteiger partial charge in [0.1, 0.15) is 23.1 Å². The van der Waals surface area contributed by atoms with E-state index in [1.54, 1.807) is 19.4 Å². The van der Waals surface area contributed by atoms with Gasteiger partial charge in [-0.05, 0) is 61.8 Å². The normalized spacial score (nSPS) is 14.1. The zero-order chi connectivity index (χ0) is 24.2. The predicted octanol–water partition coefficient (Wildman–Crippen LogP) is 3.40. The zero-order valence-corrected chi connectivity index (χ0v) is 20.1. The Hall–Kier alpha value is -3.76. The molecule has 180 valence electrons. The minimum atomic E-state index is -0.234. The number of aromatic nitrogens is 3. The van der Waals surface area contributed by atoms with Crippen LogP contribution in [0.2, 0.25) is 0 Å². The molecule has 3 heterocycles. The van der Waals surface area contributed by atoms with Gasteiger partial charge in [-0.15, -0.1) is 11.3 Å². The topological polar surface area (TPSA) is 124 Å². The summed E-state index contributed by atoms with van der Waals surface area (Å²) in [6, 6.07) is 13.3.